The predicted molar refractivity (Wildman–Crippen MR) is 103 cm³/mol. The lowest BCUT2D eigenvalue weighted by Crippen LogP contribution is -2.53. The lowest BCUT2D eigenvalue weighted by molar-refractivity contribution is -0.145. The van der Waals surface area contributed by atoms with Crippen LogP contribution in [0.1, 0.15) is 31.7 Å². The number of carbonyl (C=O) groups is 2. The highest BCUT2D eigenvalue weighted by molar-refractivity contribution is 6.07. The molecule has 1 aliphatic carbocycles. The van der Waals surface area contributed by atoms with Crippen LogP contribution < -0.4 is 5.32 Å². The van der Waals surface area contributed by atoms with Crippen LogP contribution in [-0.2, 0) is 9.59 Å². The minimum absolute atomic E-state index is 0.0329. The molecule has 0 aromatic heterocycles. The molecule has 0 spiro atoms. The average molecular weight is 355 g/mol. The summed E-state index contributed by atoms with van der Waals surface area (Å²) in [5.41, 5.74) is 0.444. The van der Waals surface area contributed by atoms with E-state index < -0.39 is 5.41 Å². The molecule has 140 valence electrons. The van der Waals surface area contributed by atoms with Gasteiger partial charge in [0.2, 0.25) is 11.8 Å². The molecule has 1 saturated carbocycles. The van der Waals surface area contributed by atoms with Gasteiger partial charge in [-0.25, -0.2) is 0 Å². The summed E-state index contributed by atoms with van der Waals surface area (Å²) in [6.45, 7) is 6.69. The fourth-order valence-electron chi connectivity index (χ4n) is 3.41. The molecule has 2 aliphatic rings. The van der Waals surface area contributed by atoms with Gasteiger partial charge in [0.15, 0.2) is 0 Å². The summed E-state index contributed by atoms with van der Waals surface area (Å²) in [4.78, 5) is 29.4. The lowest BCUT2D eigenvalue weighted by Gasteiger charge is -2.35. The molecular weight excluding hydrogens is 326 g/mol. The van der Waals surface area contributed by atoms with Gasteiger partial charge in [-0.1, -0.05) is 49.4 Å². The second-order valence-electron chi connectivity index (χ2n) is 7.24. The van der Waals surface area contributed by atoms with Crippen LogP contribution in [0.25, 0.3) is 6.08 Å². The van der Waals surface area contributed by atoms with E-state index >= 15 is 0 Å². The van der Waals surface area contributed by atoms with Crippen molar-refractivity contribution >= 4 is 17.9 Å². The number of hydrogen-bond donors (Lipinski definition) is 1. The first-order valence-electron chi connectivity index (χ1n) is 9.67. The first kappa shape index (κ1) is 18.6. The smallest absolute Gasteiger partial charge is 0.238 e. The highest BCUT2D eigenvalue weighted by Gasteiger charge is 2.57. The number of hydrogen-bond acceptors (Lipinski definition) is 3. The standard InChI is InChI=1S/C21H29N3O2/c1-2-12-22-19(25)21(10-11-21)20(26)24-16-14-23(15-17-24)13-6-9-18-7-4-3-5-8-18/h3-9H,2,10-17H2,1H3,(H,22,25)/b9-6+. The van der Waals surface area contributed by atoms with Crippen molar-refractivity contribution in [2.24, 2.45) is 5.41 Å². The maximum absolute atomic E-state index is 12.8. The Morgan fingerprint density at radius 3 is 2.42 bits per heavy atom. The summed E-state index contributed by atoms with van der Waals surface area (Å²) in [6.07, 6.45) is 6.59. The van der Waals surface area contributed by atoms with Gasteiger partial charge in [0.05, 0.1) is 0 Å². The normalized spacial score (nSPS) is 19.5. The van der Waals surface area contributed by atoms with Crippen molar-refractivity contribution in [3.63, 3.8) is 0 Å². The predicted octanol–water partition coefficient (Wildman–Crippen LogP) is 2.15. The van der Waals surface area contributed by atoms with Crippen LogP contribution in [0.5, 0.6) is 0 Å². The Morgan fingerprint density at radius 2 is 1.81 bits per heavy atom. The maximum atomic E-state index is 12.8. The second-order valence-corrected chi connectivity index (χ2v) is 7.24. The molecule has 1 aromatic carbocycles. The second kappa shape index (κ2) is 8.49. The summed E-state index contributed by atoms with van der Waals surface area (Å²) in [5, 5.41) is 2.90. The van der Waals surface area contributed by atoms with Crippen LogP contribution >= 0.6 is 0 Å². The molecule has 1 saturated heterocycles. The third-order valence-electron chi connectivity index (χ3n) is 5.26. The van der Waals surface area contributed by atoms with E-state index in [2.05, 4.69) is 34.5 Å². The fourth-order valence-corrected chi connectivity index (χ4v) is 3.41. The molecule has 2 amide bonds. The van der Waals surface area contributed by atoms with Gasteiger partial charge < -0.3 is 10.2 Å². The number of nitrogens with one attached hydrogen (secondary N) is 1. The highest BCUT2D eigenvalue weighted by atomic mass is 16.2. The molecule has 5 heteroatoms. The van der Waals surface area contributed by atoms with E-state index in [1.807, 2.05) is 30.0 Å². The summed E-state index contributed by atoms with van der Waals surface area (Å²) in [6, 6.07) is 10.3. The van der Waals surface area contributed by atoms with Gasteiger partial charge in [-0.15, -0.1) is 0 Å². The van der Waals surface area contributed by atoms with Gasteiger partial charge in [0, 0.05) is 39.3 Å². The van der Waals surface area contributed by atoms with E-state index in [1.165, 1.54) is 5.56 Å². The van der Waals surface area contributed by atoms with Gasteiger partial charge in [0.1, 0.15) is 5.41 Å². The lowest BCUT2D eigenvalue weighted by atomic mass is 10.0. The van der Waals surface area contributed by atoms with Crippen LogP contribution in [0, 0.1) is 5.41 Å². The molecule has 3 rings (SSSR count). The first-order chi connectivity index (χ1) is 12.7. The molecule has 5 nitrogen and oxygen atoms in total. The number of rotatable bonds is 7. The van der Waals surface area contributed by atoms with Crippen molar-refractivity contribution in [2.45, 2.75) is 26.2 Å². The summed E-state index contributed by atoms with van der Waals surface area (Å²) < 4.78 is 0. The van der Waals surface area contributed by atoms with Crippen molar-refractivity contribution in [2.75, 3.05) is 39.3 Å². The monoisotopic (exact) mass is 355 g/mol. The van der Waals surface area contributed by atoms with Crippen molar-refractivity contribution in [1.82, 2.24) is 15.1 Å². The number of amides is 2. The third-order valence-corrected chi connectivity index (χ3v) is 5.26. The quantitative estimate of drug-likeness (QED) is 0.763. The van der Waals surface area contributed by atoms with Crippen LogP contribution in [-0.4, -0.2) is 60.9 Å². The Bertz CT molecular complexity index is 644. The van der Waals surface area contributed by atoms with E-state index in [1.54, 1.807) is 0 Å². The fraction of sp³-hybridized carbons (Fsp3) is 0.524. The van der Waals surface area contributed by atoms with Gasteiger partial charge in [-0.3, -0.25) is 14.5 Å². The van der Waals surface area contributed by atoms with Crippen LogP contribution in [0.15, 0.2) is 36.4 Å². The van der Waals surface area contributed by atoms with Crippen LogP contribution in [0.4, 0.5) is 0 Å². The zero-order chi connectivity index (χ0) is 18.4. The zero-order valence-electron chi connectivity index (χ0n) is 15.6. The first-order valence-corrected chi connectivity index (χ1v) is 9.67. The molecule has 1 heterocycles. The topological polar surface area (TPSA) is 52.7 Å². The largest absolute Gasteiger partial charge is 0.355 e. The minimum atomic E-state index is -0.759. The van der Waals surface area contributed by atoms with E-state index in [4.69, 9.17) is 0 Å². The SMILES string of the molecule is CCCNC(=O)C1(C(=O)N2CCN(C/C=C/c3ccccc3)CC2)CC1. The minimum Gasteiger partial charge on any atom is -0.355 e. The van der Waals surface area contributed by atoms with Crippen LogP contribution in [0.2, 0.25) is 0 Å². The van der Waals surface area contributed by atoms with E-state index in [9.17, 15) is 9.59 Å². The molecule has 0 unspecified atom stereocenters. The Balaban J connectivity index is 1.45. The Hall–Kier alpha value is -2.14. The molecular formula is C21H29N3O2. The molecule has 2 fully saturated rings. The molecule has 1 N–H and O–H groups in total. The van der Waals surface area contributed by atoms with Crippen molar-refractivity contribution < 1.29 is 9.59 Å². The van der Waals surface area contributed by atoms with Gasteiger partial charge in [-0.05, 0) is 24.8 Å². The molecule has 1 aromatic rings. The highest BCUT2D eigenvalue weighted by Crippen LogP contribution is 2.47. The maximum Gasteiger partial charge on any atom is 0.238 e. The molecule has 0 bridgehead atoms. The van der Waals surface area contributed by atoms with Gasteiger partial charge in [0.25, 0.3) is 0 Å². The summed E-state index contributed by atoms with van der Waals surface area (Å²) in [7, 11) is 0. The Labute approximate surface area is 156 Å². The van der Waals surface area contributed by atoms with Crippen molar-refractivity contribution in [1.29, 1.82) is 0 Å². The zero-order valence-corrected chi connectivity index (χ0v) is 15.6. The Morgan fingerprint density at radius 1 is 1.12 bits per heavy atom. The summed E-state index contributed by atoms with van der Waals surface area (Å²) in [5.74, 6) is -0.0387. The molecule has 0 radical (unpaired) electrons. The number of benzene rings is 1. The molecule has 0 atom stereocenters. The van der Waals surface area contributed by atoms with Gasteiger partial charge >= 0.3 is 0 Å². The van der Waals surface area contributed by atoms with E-state index in [0.29, 0.717) is 32.5 Å². The molecule has 26 heavy (non-hydrogen) atoms. The number of piperazine rings is 1. The number of nitrogens with zero attached hydrogens (tertiary/aromatic N) is 2. The van der Waals surface area contributed by atoms with Gasteiger partial charge in [-0.2, -0.15) is 0 Å². The third kappa shape index (κ3) is 4.33. The van der Waals surface area contributed by atoms with Crippen LogP contribution in [0.3, 0.4) is 0 Å². The molecule has 1 aliphatic heterocycles. The van der Waals surface area contributed by atoms with Crippen molar-refractivity contribution in [3.05, 3.63) is 42.0 Å². The van der Waals surface area contributed by atoms with Crippen molar-refractivity contribution in [3.8, 4) is 0 Å². The van der Waals surface area contributed by atoms with E-state index in [0.717, 1.165) is 26.1 Å². The summed E-state index contributed by atoms with van der Waals surface area (Å²) >= 11 is 0. The Kier molecular flexibility index (Phi) is 6.09. The number of carbonyl (C=O) groups excluding carboxylic acids is 2. The average Bonchev–Trinajstić information content (AvgIpc) is 3.49. The van der Waals surface area contributed by atoms with E-state index in [-0.39, 0.29) is 11.8 Å².